The zero-order chi connectivity index (χ0) is 19.7. The van der Waals surface area contributed by atoms with Crippen molar-refractivity contribution in [3.63, 3.8) is 0 Å². The first-order chi connectivity index (χ1) is 13.5. The van der Waals surface area contributed by atoms with Gasteiger partial charge in [0.05, 0.1) is 17.7 Å². The summed E-state index contributed by atoms with van der Waals surface area (Å²) in [4.78, 5) is 38.3. The zero-order valence-electron chi connectivity index (χ0n) is 15.9. The van der Waals surface area contributed by atoms with Crippen LogP contribution in [0.15, 0.2) is 18.2 Å². The number of fused-ring (bicyclic) bond motifs is 2. The molecule has 1 aromatic heterocycles. The van der Waals surface area contributed by atoms with Gasteiger partial charge in [0.15, 0.2) is 5.82 Å². The van der Waals surface area contributed by atoms with Crippen LogP contribution in [0.5, 0.6) is 0 Å². The highest BCUT2D eigenvalue weighted by Crippen LogP contribution is 2.24. The molecule has 3 heterocycles. The SMILES string of the molecule is Cc1ccc2c(c1)C(=O)N(CCC(=O)NCc1nnc3n1CCCCC3)C2=O. The van der Waals surface area contributed by atoms with E-state index in [1.807, 2.05) is 13.0 Å². The number of hydrogen-bond acceptors (Lipinski definition) is 5. The van der Waals surface area contributed by atoms with Gasteiger partial charge in [-0.05, 0) is 31.9 Å². The first-order valence-corrected chi connectivity index (χ1v) is 9.69. The van der Waals surface area contributed by atoms with Crippen molar-refractivity contribution in [2.24, 2.45) is 0 Å². The van der Waals surface area contributed by atoms with E-state index in [0.717, 1.165) is 47.9 Å². The summed E-state index contributed by atoms with van der Waals surface area (Å²) in [6.07, 6.45) is 4.36. The molecule has 4 rings (SSSR count). The molecule has 2 aliphatic heterocycles. The van der Waals surface area contributed by atoms with E-state index in [4.69, 9.17) is 0 Å². The summed E-state index contributed by atoms with van der Waals surface area (Å²) in [5.41, 5.74) is 1.74. The van der Waals surface area contributed by atoms with Crippen LogP contribution in [0.25, 0.3) is 0 Å². The highest BCUT2D eigenvalue weighted by Gasteiger charge is 2.35. The number of imide groups is 1. The van der Waals surface area contributed by atoms with Crippen molar-refractivity contribution >= 4 is 17.7 Å². The van der Waals surface area contributed by atoms with Crippen LogP contribution in [0.3, 0.4) is 0 Å². The predicted molar refractivity (Wildman–Crippen MR) is 101 cm³/mol. The maximum atomic E-state index is 12.5. The number of benzene rings is 1. The van der Waals surface area contributed by atoms with Gasteiger partial charge in [0.2, 0.25) is 5.91 Å². The van der Waals surface area contributed by atoms with E-state index in [2.05, 4.69) is 20.1 Å². The van der Waals surface area contributed by atoms with Crippen LogP contribution >= 0.6 is 0 Å². The van der Waals surface area contributed by atoms with Crippen molar-refractivity contribution in [1.82, 2.24) is 25.0 Å². The van der Waals surface area contributed by atoms with Gasteiger partial charge in [-0.15, -0.1) is 10.2 Å². The molecule has 2 aromatic rings. The van der Waals surface area contributed by atoms with Crippen LogP contribution in [-0.4, -0.2) is 43.9 Å². The highest BCUT2D eigenvalue weighted by molar-refractivity contribution is 6.21. The van der Waals surface area contributed by atoms with E-state index in [1.54, 1.807) is 12.1 Å². The largest absolute Gasteiger partial charge is 0.349 e. The van der Waals surface area contributed by atoms with Crippen molar-refractivity contribution < 1.29 is 14.4 Å². The summed E-state index contributed by atoms with van der Waals surface area (Å²) in [5.74, 6) is 0.832. The summed E-state index contributed by atoms with van der Waals surface area (Å²) in [6, 6.07) is 5.19. The Labute approximate surface area is 162 Å². The summed E-state index contributed by atoms with van der Waals surface area (Å²) in [7, 11) is 0. The van der Waals surface area contributed by atoms with E-state index in [-0.39, 0.29) is 30.7 Å². The Morgan fingerprint density at radius 2 is 1.93 bits per heavy atom. The van der Waals surface area contributed by atoms with Gasteiger partial charge in [-0.2, -0.15) is 0 Å². The Bertz CT molecular complexity index is 949. The zero-order valence-corrected chi connectivity index (χ0v) is 15.9. The summed E-state index contributed by atoms with van der Waals surface area (Å²) >= 11 is 0. The molecule has 28 heavy (non-hydrogen) atoms. The molecule has 0 aliphatic carbocycles. The van der Waals surface area contributed by atoms with Crippen molar-refractivity contribution in [3.05, 3.63) is 46.5 Å². The molecule has 0 saturated heterocycles. The van der Waals surface area contributed by atoms with Gasteiger partial charge in [0.1, 0.15) is 5.82 Å². The lowest BCUT2D eigenvalue weighted by atomic mass is 10.1. The molecule has 8 heteroatoms. The minimum Gasteiger partial charge on any atom is -0.349 e. The van der Waals surface area contributed by atoms with Crippen molar-refractivity contribution in [1.29, 1.82) is 0 Å². The number of nitrogens with one attached hydrogen (secondary N) is 1. The summed E-state index contributed by atoms with van der Waals surface area (Å²) in [5, 5.41) is 11.2. The van der Waals surface area contributed by atoms with E-state index in [0.29, 0.717) is 17.7 Å². The standard InChI is InChI=1S/C20H23N5O3/c1-13-6-7-14-15(11-13)20(28)25(19(14)27)10-8-18(26)21-12-17-23-22-16-5-3-2-4-9-24(16)17/h6-7,11H,2-5,8-10,12H2,1H3,(H,21,26). The first-order valence-electron chi connectivity index (χ1n) is 9.69. The molecule has 0 saturated carbocycles. The Balaban J connectivity index is 1.33. The highest BCUT2D eigenvalue weighted by atomic mass is 16.2. The Kier molecular flexibility index (Phi) is 4.93. The average molecular weight is 381 g/mol. The second-order valence-corrected chi connectivity index (χ2v) is 7.33. The topological polar surface area (TPSA) is 97.2 Å². The van der Waals surface area contributed by atoms with Crippen LogP contribution in [0.1, 0.15) is 63.6 Å². The molecule has 0 fully saturated rings. The Morgan fingerprint density at radius 1 is 1.11 bits per heavy atom. The molecule has 0 spiro atoms. The van der Waals surface area contributed by atoms with Crippen LogP contribution in [0, 0.1) is 6.92 Å². The molecule has 0 bridgehead atoms. The molecular weight excluding hydrogens is 358 g/mol. The lowest BCUT2D eigenvalue weighted by molar-refractivity contribution is -0.121. The molecule has 0 atom stereocenters. The minimum absolute atomic E-state index is 0.0610. The van der Waals surface area contributed by atoms with Gasteiger partial charge in [-0.25, -0.2) is 0 Å². The third-order valence-electron chi connectivity index (χ3n) is 5.32. The number of amides is 3. The van der Waals surface area contributed by atoms with Gasteiger partial charge < -0.3 is 9.88 Å². The number of carbonyl (C=O) groups is 3. The number of aryl methyl sites for hydroxylation is 2. The average Bonchev–Trinajstić information content (AvgIpc) is 3.05. The lowest BCUT2D eigenvalue weighted by Crippen LogP contribution is -2.34. The lowest BCUT2D eigenvalue weighted by Gasteiger charge is -2.13. The smallest absolute Gasteiger partial charge is 0.261 e. The van der Waals surface area contributed by atoms with Crippen LogP contribution in [0.2, 0.25) is 0 Å². The van der Waals surface area contributed by atoms with E-state index in [9.17, 15) is 14.4 Å². The van der Waals surface area contributed by atoms with E-state index in [1.165, 1.54) is 6.42 Å². The fourth-order valence-corrected chi connectivity index (χ4v) is 3.76. The van der Waals surface area contributed by atoms with Gasteiger partial charge >= 0.3 is 0 Å². The maximum absolute atomic E-state index is 12.5. The first kappa shape index (κ1) is 18.3. The second kappa shape index (κ2) is 7.53. The second-order valence-electron chi connectivity index (χ2n) is 7.33. The van der Waals surface area contributed by atoms with Crippen molar-refractivity contribution in [2.45, 2.75) is 52.1 Å². The predicted octanol–water partition coefficient (Wildman–Crippen LogP) is 1.62. The third kappa shape index (κ3) is 3.42. The number of rotatable bonds is 5. The fourth-order valence-electron chi connectivity index (χ4n) is 3.76. The van der Waals surface area contributed by atoms with E-state index < -0.39 is 0 Å². The minimum atomic E-state index is -0.337. The van der Waals surface area contributed by atoms with Gasteiger partial charge in [0, 0.05) is 25.9 Å². The third-order valence-corrected chi connectivity index (χ3v) is 5.32. The molecule has 146 valence electrons. The van der Waals surface area contributed by atoms with Crippen molar-refractivity contribution in [3.8, 4) is 0 Å². The maximum Gasteiger partial charge on any atom is 0.261 e. The van der Waals surface area contributed by atoms with Crippen molar-refractivity contribution in [2.75, 3.05) is 6.54 Å². The summed E-state index contributed by atoms with van der Waals surface area (Å²) in [6.45, 7) is 3.11. The number of aromatic nitrogens is 3. The number of carbonyl (C=O) groups excluding carboxylic acids is 3. The van der Waals surface area contributed by atoms with Gasteiger partial charge in [0.25, 0.3) is 11.8 Å². The van der Waals surface area contributed by atoms with Gasteiger partial charge in [-0.3, -0.25) is 19.3 Å². The molecule has 8 nitrogen and oxygen atoms in total. The van der Waals surface area contributed by atoms with Crippen LogP contribution < -0.4 is 5.32 Å². The molecule has 0 radical (unpaired) electrons. The number of nitrogens with zero attached hydrogens (tertiary/aromatic N) is 4. The molecule has 0 unspecified atom stereocenters. The quantitative estimate of drug-likeness (QED) is 0.794. The fraction of sp³-hybridized carbons (Fsp3) is 0.450. The van der Waals surface area contributed by atoms with E-state index >= 15 is 0 Å². The molecular formula is C20H23N5O3. The molecule has 1 aromatic carbocycles. The molecule has 1 N–H and O–H groups in total. The molecule has 2 aliphatic rings. The summed E-state index contributed by atoms with van der Waals surface area (Å²) < 4.78 is 2.08. The monoisotopic (exact) mass is 381 g/mol. The van der Waals surface area contributed by atoms with Crippen LogP contribution in [0.4, 0.5) is 0 Å². The molecule has 3 amide bonds. The number of hydrogen-bond donors (Lipinski definition) is 1. The Hall–Kier alpha value is -3.03. The normalized spacial score (nSPS) is 16.0. The van der Waals surface area contributed by atoms with Crippen LogP contribution in [-0.2, 0) is 24.3 Å². The van der Waals surface area contributed by atoms with Gasteiger partial charge in [-0.1, -0.05) is 18.1 Å². The Morgan fingerprint density at radius 3 is 2.79 bits per heavy atom.